The fourth-order valence-corrected chi connectivity index (χ4v) is 2.27. The molecule has 1 amide bonds. The molecule has 0 bridgehead atoms. The van der Waals surface area contributed by atoms with E-state index in [9.17, 15) is 4.79 Å². The van der Waals surface area contributed by atoms with Crippen molar-refractivity contribution in [1.29, 1.82) is 0 Å². The van der Waals surface area contributed by atoms with E-state index in [4.69, 9.17) is 11.6 Å². The second kappa shape index (κ2) is 6.80. The van der Waals surface area contributed by atoms with Crippen molar-refractivity contribution < 1.29 is 4.79 Å². The third-order valence-corrected chi connectivity index (χ3v) is 3.17. The normalized spacial score (nSPS) is 12.4. The number of halogens is 1. The number of anilines is 1. The Morgan fingerprint density at radius 3 is 2.47 bits per heavy atom. The molecule has 0 spiro atoms. The SMILES string of the molecule is CC(C)CC(C)Nc1ccc(Cl)c(C(=O)N(C)C)c1. The van der Waals surface area contributed by atoms with Gasteiger partial charge in [0.05, 0.1) is 10.6 Å². The molecule has 1 N–H and O–H groups in total. The minimum atomic E-state index is -0.0786. The van der Waals surface area contributed by atoms with Crippen molar-refractivity contribution in [1.82, 2.24) is 4.90 Å². The van der Waals surface area contributed by atoms with E-state index < -0.39 is 0 Å². The predicted molar refractivity (Wildman–Crippen MR) is 82.0 cm³/mol. The molecule has 1 rings (SSSR count). The molecule has 0 saturated carbocycles. The van der Waals surface area contributed by atoms with Crippen molar-refractivity contribution in [3.05, 3.63) is 28.8 Å². The van der Waals surface area contributed by atoms with E-state index >= 15 is 0 Å². The molecule has 3 nitrogen and oxygen atoms in total. The quantitative estimate of drug-likeness (QED) is 0.889. The van der Waals surface area contributed by atoms with E-state index in [0.717, 1.165) is 12.1 Å². The molecule has 0 saturated heterocycles. The van der Waals surface area contributed by atoms with Crippen molar-refractivity contribution in [3.8, 4) is 0 Å². The largest absolute Gasteiger partial charge is 0.383 e. The smallest absolute Gasteiger partial charge is 0.254 e. The first-order chi connectivity index (χ1) is 8.81. The summed E-state index contributed by atoms with van der Waals surface area (Å²) in [6.07, 6.45) is 1.08. The lowest BCUT2D eigenvalue weighted by molar-refractivity contribution is 0.0828. The van der Waals surface area contributed by atoms with Crippen LogP contribution in [0.5, 0.6) is 0 Å². The van der Waals surface area contributed by atoms with Crippen molar-refractivity contribution in [2.45, 2.75) is 33.2 Å². The summed E-state index contributed by atoms with van der Waals surface area (Å²) in [5.74, 6) is 0.558. The summed E-state index contributed by atoms with van der Waals surface area (Å²) in [6, 6.07) is 5.86. The molecule has 0 aliphatic rings. The van der Waals surface area contributed by atoms with Crippen LogP contribution in [-0.2, 0) is 0 Å². The van der Waals surface area contributed by atoms with E-state index in [0.29, 0.717) is 22.5 Å². The molecule has 1 atom stereocenters. The molecule has 0 radical (unpaired) electrons. The first kappa shape index (κ1) is 15.8. The first-order valence-electron chi connectivity index (χ1n) is 6.59. The molecule has 1 unspecified atom stereocenters. The molecule has 19 heavy (non-hydrogen) atoms. The molecule has 1 aromatic carbocycles. The lowest BCUT2D eigenvalue weighted by atomic mass is 10.0. The highest BCUT2D eigenvalue weighted by Crippen LogP contribution is 2.23. The highest BCUT2D eigenvalue weighted by molar-refractivity contribution is 6.34. The number of amides is 1. The summed E-state index contributed by atoms with van der Waals surface area (Å²) >= 11 is 6.08. The summed E-state index contributed by atoms with van der Waals surface area (Å²) in [7, 11) is 3.44. The fourth-order valence-electron chi connectivity index (χ4n) is 2.07. The van der Waals surface area contributed by atoms with Crippen LogP contribution in [-0.4, -0.2) is 30.9 Å². The van der Waals surface area contributed by atoms with Gasteiger partial charge < -0.3 is 10.2 Å². The van der Waals surface area contributed by atoms with E-state index in [2.05, 4.69) is 26.1 Å². The van der Waals surface area contributed by atoms with Gasteiger partial charge in [-0.25, -0.2) is 0 Å². The summed E-state index contributed by atoms with van der Waals surface area (Å²) in [6.45, 7) is 6.53. The van der Waals surface area contributed by atoms with Crippen LogP contribution in [0, 0.1) is 5.92 Å². The molecule has 0 aliphatic carbocycles. The number of hydrogen-bond acceptors (Lipinski definition) is 2. The standard InChI is InChI=1S/C15H23ClN2O/c1-10(2)8-11(3)17-12-6-7-14(16)13(9-12)15(19)18(4)5/h6-7,9-11,17H,8H2,1-5H3. The van der Waals surface area contributed by atoms with Crippen molar-refractivity contribution in [3.63, 3.8) is 0 Å². The second-order valence-electron chi connectivity index (χ2n) is 5.57. The Hall–Kier alpha value is -1.22. The maximum absolute atomic E-state index is 12.0. The lowest BCUT2D eigenvalue weighted by Gasteiger charge is -2.19. The van der Waals surface area contributed by atoms with Crippen LogP contribution in [0.25, 0.3) is 0 Å². The van der Waals surface area contributed by atoms with Gasteiger partial charge in [0.2, 0.25) is 0 Å². The average Bonchev–Trinajstić information content (AvgIpc) is 2.29. The van der Waals surface area contributed by atoms with Crippen LogP contribution >= 0.6 is 11.6 Å². The number of carbonyl (C=O) groups excluding carboxylic acids is 1. The highest BCUT2D eigenvalue weighted by Gasteiger charge is 2.14. The number of nitrogens with one attached hydrogen (secondary N) is 1. The van der Waals surface area contributed by atoms with Crippen LogP contribution in [0.3, 0.4) is 0 Å². The summed E-state index contributed by atoms with van der Waals surface area (Å²) in [4.78, 5) is 13.5. The van der Waals surface area contributed by atoms with E-state index in [1.807, 2.05) is 12.1 Å². The fraction of sp³-hybridized carbons (Fsp3) is 0.533. The molecular formula is C15H23ClN2O. The van der Waals surface area contributed by atoms with Gasteiger partial charge in [-0.3, -0.25) is 4.79 Å². The number of carbonyl (C=O) groups is 1. The van der Waals surface area contributed by atoms with E-state index in [1.54, 1.807) is 20.2 Å². The minimum Gasteiger partial charge on any atom is -0.383 e. The van der Waals surface area contributed by atoms with Gasteiger partial charge >= 0.3 is 0 Å². The predicted octanol–water partition coefficient (Wildman–Crippen LogP) is 3.89. The van der Waals surface area contributed by atoms with Gasteiger partial charge in [0.25, 0.3) is 5.91 Å². The van der Waals surface area contributed by atoms with Gasteiger partial charge in [-0.1, -0.05) is 25.4 Å². The minimum absolute atomic E-state index is 0.0786. The van der Waals surface area contributed by atoms with Gasteiger partial charge in [0.15, 0.2) is 0 Å². The number of hydrogen-bond donors (Lipinski definition) is 1. The Bertz CT molecular complexity index is 444. The zero-order valence-electron chi connectivity index (χ0n) is 12.3. The number of nitrogens with zero attached hydrogens (tertiary/aromatic N) is 1. The zero-order chi connectivity index (χ0) is 14.6. The van der Waals surface area contributed by atoms with Crippen LogP contribution in [0.4, 0.5) is 5.69 Å². The Morgan fingerprint density at radius 1 is 1.32 bits per heavy atom. The summed E-state index contributed by atoms with van der Waals surface area (Å²) < 4.78 is 0. The van der Waals surface area contributed by atoms with Crippen molar-refractivity contribution in [2.75, 3.05) is 19.4 Å². The van der Waals surface area contributed by atoms with Crippen LogP contribution in [0.2, 0.25) is 5.02 Å². The van der Waals surface area contributed by atoms with E-state index in [-0.39, 0.29) is 5.91 Å². The monoisotopic (exact) mass is 282 g/mol. The lowest BCUT2D eigenvalue weighted by Crippen LogP contribution is -2.22. The van der Waals surface area contributed by atoms with Gasteiger partial charge in [-0.05, 0) is 37.5 Å². The molecular weight excluding hydrogens is 260 g/mol. The Kier molecular flexibility index (Phi) is 5.67. The third-order valence-electron chi connectivity index (χ3n) is 2.84. The van der Waals surface area contributed by atoms with Crippen LogP contribution in [0.15, 0.2) is 18.2 Å². The van der Waals surface area contributed by atoms with Crippen LogP contribution in [0.1, 0.15) is 37.6 Å². The van der Waals surface area contributed by atoms with Crippen molar-refractivity contribution in [2.24, 2.45) is 5.92 Å². The number of rotatable bonds is 5. The highest BCUT2D eigenvalue weighted by atomic mass is 35.5. The summed E-state index contributed by atoms with van der Waals surface area (Å²) in [5, 5.41) is 3.89. The Balaban J connectivity index is 2.87. The topological polar surface area (TPSA) is 32.3 Å². The maximum Gasteiger partial charge on any atom is 0.254 e. The van der Waals surface area contributed by atoms with Gasteiger partial charge in [0, 0.05) is 25.8 Å². The first-order valence-corrected chi connectivity index (χ1v) is 6.96. The molecule has 106 valence electrons. The maximum atomic E-state index is 12.0. The molecule has 0 aliphatic heterocycles. The van der Waals surface area contributed by atoms with Gasteiger partial charge in [0.1, 0.15) is 0 Å². The molecule has 0 heterocycles. The third kappa shape index (κ3) is 4.75. The molecule has 0 aromatic heterocycles. The van der Waals surface area contributed by atoms with Crippen LogP contribution < -0.4 is 5.32 Å². The zero-order valence-corrected chi connectivity index (χ0v) is 13.1. The van der Waals surface area contributed by atoms with E-state index in [1.165, 1.54) is 4.90 Å². The molecule has 4 heteroatoms. The Morgan fingerprint density at radius 2 is 1.95 bits per heavy atom. The summed E-state index contributed by atoms with van der Waals surface area (Å²) in [5.41, 5.74) is 1.47. The van der Waals surface area contributed by atoms with Crippen molar-refractivity contribution >= 4 is 23.2 Å². The second-order valence-corrected chi connectivity index (χ2v) is 5.98. The van der Waals surface area contributed by atoms with Gasteiger partial charge in [-0.15, -0.1) is 0 Å². The molecule has 0 fully saturated rings. The molecule has 1 aromatic rings. The number of benzene rings is 1. The average molecular weight is 283 g/mol. The Labute approximate surface area is 120 Å². The van der Waals surface area contributed by atoms with Gasteiger partial charge in [-0.2, -0.15) is 0 Å².